The van der Waals surface area contributed by atoms with Crippen LogP contribution in [0, 0.1) is 6.92 Å². The molecule has 2 unspecified atom stereocenters. The lowest BCUT2D eigenvalue weighted by Gasteiger charge is -2.26. The van der Waals surface area contributed by atoms with E-state index >= 15 is 0 Å². The van der Waals surface area contributed by atoms with Crippen molar-refractivity contribution >= 4 is 21.4 Å². The standard InChI is InChI=1S/C13H17ClO2S/c1-10-6-8-11(9-7-10)17(15,16)13-5-3-2-4-12(13)14/h6-9,12-13H,2-5H2,1H3. The first-order chi connectivity index (χ1) is 8.01. The molecule has 0 aromatic heterocycles. The van der Waals surface area contributed by atoms with E-state index in [0.29, 0.717) is 11.3 Å². The van der Waals surface area contributed by atoms with Crippen LogP contribution in [0.15, 0.2) is 29.2 Å². The van der Waals surface area contributed by atoms with E-state index in [0.717, 1.165) is 24.8 Å². The van der Waals surface area contributed by atoms with E-state index in [4.69, 9.17) is 11.6 Å². The molecule has 0 bridgehead atoms. The fourth-order valence-corrected chi connectivity index (χ4v) is 4.86. The minimum Gasteiger partial charge on any atom is -0.223 e. The van der Waals surface area contributed by atoms with Crippen molar-refractivity contribution in [1.29, 1.82) is 0 Å². The Kier molecular flexibility index (Phi) is 3.79. The Labute approximate surface area is 108 Å². The average Bonchev–Trinajstić information content (AvgIpc) is 2.30. The number of aryl methyl sites for hydroxylation is 1. The summed E-state index contributed by atoms with van der Waals surface area (Å²) < 4.78 is 24.8. The second-order valence-corrected chi connectivity index (χ2v) is 7.42. The van der Waals surface area contributed by atoms with Gasteiger partial charge in [0.2, 0.25) is 0 Å². The van der Waals surface area contributed by atoms with Gasteiger partial charge in [-0.2, -0.15) is 0 Å². The average molecular weight is 273 g/mol. The monoisotopic (exact) mass is 272 g/mol. The Hall–Kier alpha value is -0.540. The van der Waals surface area contributed by atoms with Gasteiger partial charge in [0, 0.05) is 0 Å². The molecule has 1 aliphatic carbocycles. The van der Waals surface area contributed by atoms with Gasteiger partial charge in [0.15, 0.2) is 9.84 Å². The number of alkyl halides is 1. The SMILES string of the molecule is Cc1ccc(S(=O)(=O)C2CCCCC2Cl)cc1. The fraction of sp³-hybridized carbons (Fsp3) is 0.538. The molecule has 17 heavy (non-hydrogen) atoms. The van der Waals surface area contributed by atoms with Crippen molar-refractivity contribution in [3.63, 3.8) is 0 Å². The number of rotatable bonds is 2. The van der Waals surface area contributed by atoms with Gasteiger partial charge in [-0.05, 0) is 31.9 Å². The Bertz CT molecular complexity index is 479. The summed E-state index contributed by atoms with van der Waals surface area (Å²) in [6.07, 6.45) is 3.48. The van der Waals surface area contributed by atoms with Crippen LogP contribution in [0.2, 0.25) is 0 Å². The zero-order valence-electron chi connectivity index (χ0n) is 9.90. The van der Waals surface area contributed by atoms with E-state index in [1.54, 1.807) is 12.1 Å². The fourth-order valence-electron chi connectivity index (χ4n) is 2.30. The third kappa shape index (κ3) is 2.66. The van der Waals surface area contributed by atoms with Crippen LogP contribution < -0.4 is 0 Å². The maximum absolute atomic E-state index is 12.4. The highest BCUT2D eigenvalue weighted by atomic mass is 35.5. The van der Waals surface area contributed by atoms with Crippen molar-refractivity contribution in [1.82, 2.24) is 0 Å². The molecule has 0 spiro atoms. The van der Waals surface area contributed by atoms with Crippen LogP contribution in [-0.4, -0.2) is 19.0 Å². The zero-order valence-corrected chi connectivity index (χ0v) is 11.5. The first-order valence-electron chi connectivity index (χ1n) is 5.96. The second-order valence-electron chi connectivity index (χ2n) is 4.70. The van der Waals surface area contributed by atoms with Gasteiger partial charge in [0.1, 0.15) is 0 Å². The number of benzene rings is 1. The molecular formula is C13H17ClO2S. The first-order valence-corrected chi connectivity index (χ1v) is 7.95. The van der Waals surface area contributed by atoms with Gasteiger partial charge < -0.3 is 0 Å². The predicted molar refractivity (Wildman–Crippen MR) is 70.3 cm³/mol. The molecule has 0 amide bonds. The van der Waals surface area contributed by atoms with E-state index in [-0.39, 0.29) is 5.38 Å². The first kappa shape index (κ1) is 12.9. The molecule has 1 fully saturated rings. The molecule has 2 rings (SSSR count). The zero-order chi connectivity index (χ0) is 12.5. The summed E-state index contributed by atoms with van der Waals surface area (Å²) >= 11 is 6.17. The molecule has 4 heteroatoms. The topological polar surface area (TPSA) is 34.1 Å². The van der Waals surface area contributed by atoms with Crippen molar-refractivity contribution < 1.29 is 8.42 Å². The maximum atomic E-state index is 12.4. The summed E-state index contributed by atoms with van der Waals surface area (Å²) in [5.74, 6) is 0. The molecule has 0 heterocycles. The van der Waals surface area contributed by atoms with Crippen molar-refractivity contribution in [2.24, 2.45) is 0 Å². The minimum absolute atomic E-state index is 0.241. The van der Waals surface area contributed by atoms with Crippen LogP contribution >= 0.6 is 11.6 Å². The smallest absolute Gasteiger partial charge is 0.182 e. The molecule has 1 aromatic carbocycles. The van der Waals surface area contributed by atoms with Crippen molar-refractivity contribution in [2.45, 2.75) is 48.1 Å². The summed E-state index contributed by atoms with van der Waals surface area (Å²) in [5, 5.41) is -0.657. The third-order valence-electron chi connectivity index (χ3n) is 3.37. The molecule has 1 saturated carbocycles. The normalized spacial score (nSPS) is 25.8. The van der Waals surface area contributed by atoms with E-state index < -0.39 is 15.1 Å². The molecule has 2 nitrogen and oxygen atoms in total. The van der Waals surface area contributed by atoms with Gasteiger partial charge in [-0.15, -0.1) is 11.6 Å². The Morgan fingerprint density at radius 1 is 1.12 bits per heavy atom. The lowest BCUT2D eigenvalue weighted by molar-refractivity contribution is 0.489. The summed E-state index contributed by atoms with van der Waals surface area (Å²) in [5.41, 5.74) is 1.06. The molecule has 1 aliphatic rings. The Morgan fingerprint density at radius 2 is 1.71 bits per heavy atom. The summed E-state index contributed by atoms with van der Waals surface area (Å²) in [4.78, 5) is 0.403. The van der Waals surface area contributed by atoms with Gasteiger partial charge in [-0.25, -0.2) is 8.42 Å². The molecule has 1 aromatic rings. The van der Waals surface area contributed by atoms with Crippen LogP contribution in [0.4, 0.5) is 0 Å². The van der Waals surface area contributed by atoms with E-state index in [9.17, 15) is 8.42 Å². The highest BCUT2D eigenvalue weighted by molar-refractivity contribution is 7.92. The summed E-state index contributed by atoms with van der Waals surface area (Å²) in [6.45, 7) is 1.95. The quantitative estimate of drug-likeness (QED) is 0.774. The molecule has 0 saturated heterocycles. The lowest BCUT2D eigenvalue weighted by atomic mass is 10.00. The largest absolute Gasteiger partial charge is 0.223 e. The van der Waals surface area contributed by atoms with Crippen molar-refractivity contribution in [3.8, 4) is 0 Å². The molecule has 94 valence electrons. The minimum atomic E-state index is -3.26. The molecule has 2 atom stereocenters. The van der Waals surface area contributed by atoms with Crippen LogP contribution in [-0.2, 0) is 9.84 Å². The van der Waals surface area contributed by atoms with Gasteiger partial charge in [-0.3, -0.25) is 0 Å². The number of sulfone groups is 1. The predicted octanol–water partition coefficient (Wildman–Crippen LogP) is 3.32. The van der Waals surface area contributed by atoms with Crippen LogP contribution in [0.3, 0.4) is 0 Å². The second kappa shape index (κ2) is 4.99. The molecule has 0 aliphatic heterocycles. The van der Waals surface area contributed by atoms with E-state index in [1.165, 1.54) is 0 Å². The highest BCUT2D eigenvalue weighted by Gasteiger charge is 2.35. The van der Waals surface area contributed by atoms with Gasteiger partial charge in [0.25, 0.3) is 0 Å². The van der Waals surface area contributed by atoms with Gasteiger partial charge in [-0.1, -0.05) is 30.5 Å². The lowest BCUT2D eigenvalue weighted by Crippen LogP contribution is -2.33. The van der Waals surface area contributed by atoms with E-state index in [1.807, 2.05) is 19.1 Å². The molecule has 0 radical (unpaired) electrons. The summed E-state index contributed by atoms with van der Waals surface area (Å²) in [6, 6.07) is 7.03. The third-order valence-corrected chi connectivity index (χ3v) is 6.33. The maximum Gasteiger partial charge on any atom is 0.182 e. The molecule has 0 N–H and O–H groups in total. The number of halogens is 1. The van der Waals surface area contributed by atoms with Gasteiger partial charge >= 0.3 is 0 Å². The van der Waals surface area contributed by atoms with E-state index in [2.05, 4.69) is 0 Å². The van der Waals surface area contributed by atoms with Crippen LogP contribution in [0.1, 0.15) is 31.2 Å². The van der Waals surface area contributed by atoms with Gasteiger partial charge in [0.05, 0.1) is 15.5 Å². The number of hydrogen-bond acceptors (Lipinski definition) is 2. The Morgan fingerprint density at radius 3 is 2.29 bits per heavy atom. The van der Waals surface area contributed by atoms with Crippen LogP contribution in [0.25, 0.3) is 0 Å². The number of hydrogen-bond donors (Lipinski definition) is 0. The Balaban J connectivity index is 2.32. The highest BCUT2D eigenvalue weighted by Crippen LogP contribution is 2.32. The van der Waals surface area contributed by atoms with Crippen molar-refractivity contribution in [3.05, 3.63) is 29.8 Å². The van der Waals surface area contributed by atoms with Crippen LogP contribution in [0.5, 0.6) is 0 Å². The van der Waals surface area contributed by atoms with Crippen molar-refractivity contribution in [2.75, 3.05) is 0 Å². The molecular weight excluding hydrogens is 256 g/mol. The summed E-state index contributed by atoms with van der Waals surface area (Å²) in [7, 11) is -3.26.